The van der Waals surface area contributed by atoms with E-state index >= 15 is 0 Å². The van der Waals surface area contributed by atoms with Gasteiger partial charge in [0.1, 0.15) is 9.84 Å². The standard InChI is InChI=1S/C13H17BrClNO3S/c1-2-19-13-11(14)7-9(15)8-12(13)16-10-3-5-20(17,18)6-4-10/h7-8,10,16H,2-6H2,1H3. The zero-order chi connectivity index (χ0) is 14.8. The van der Waals surface area contributed by atoms with Crippen molar-refractivity contribution in [1.82, 2.24) is 0 Å². The summed E-state index contributed by atoms with van der Waals surface area (Å²) in [6.07, 6.45) is 1.22. The highest BCUT2D eigenvalue weighted by Gasteiger charge is 2.24. The predicted octanol–water partition coefficient (Wildman–Crippen LogP) is 3.49. The summed E-state index contributed by atoms with van der Waals surface area (Å²) in [5, 5.41) is 3.95. The molecule has 0 aliphatic carbocycles. The van der Waals surface area contributed by atoms with Crippen LogP contribution in [0.1, 0.15) is 19.8 Å². The summed E-state index contributed by atoms with van der Waals surface area (Å²) in [7, 11) is -2.85. The van der Waals surface area contributed by atoms with Gasteiger partial charge in [-0.25, -0.2) is 8.42 Å². The topological polar surface area (TPSA) is 55.4 Å². The minimum atomic E-state index is -2.85. The van der Waals surface area contributed by atoms with Crippen molar-refractivity contribution in [3.8, 4) is 5.75 Å². The fourth-order valence-corrected chi connectivity index (χ4v) is 4.63. The van der Waals surface area contributed by atoms with Crippen LogP contribution >= 0.6 is 27.5 Å². The van der Waals surface area contributed by atoms with Crippen LogP contribution in [0, 0.1) is 0 Å². The van der Waals surface area contributed by atoms with E-state index in [1.807, 2.05) is 6.92 Å². The second-order valence-corrected chi connectivity index (χ2v) is 8.36. The normalized spacial score (nSPS) is 18.8. The molecule has 1 aliphatic rings. The molecule has 0 saturated carbocycles. The Bertz CT molecular complexity index is 578. The van der Waals surface area contributed by atoms with Gasteiger partial charge in [0.25, 0.3) is 0 Å². The molecular formula is C13H17BrClNO3S. The van der Waals surface area contributed by atoms with Crippen LogP contribution in [0.5, 0.6) is 5.75 Å². The van der Waals surface area contributed by atoms with Gasteiger partial charge in [-0.05, 0) is 47.8 Å². The molecule has 1 fully saturated rings. The number of hydrogen-bond donors (Lipinski definition) is 1. The number of hydrogen-bond acceptors (Lipinski definition) is 4. The Balaban J connectivity index is 2.16. The lowest BCUT2D eigenvalue weighted by molar-refractivity contribution is 0.339. The van der Waals surface area contributed by atoms with Crippen LogP contribution < -0.4 is 10.1 Å². The molecular weight excluding hydrogens is 366 g/mol. The van der Waals surface area contributed by atoms with Gasteiger partial charge in [0, 0.05) is 11.1 Å². The molecule has 0 unspecified atom stereocenters. The molecule has 1 N–H and O–H groups in total. The van der Waals surface area contributed by atoms with E-state index in [1.165, 1.54) is 0 Å². The summed E-state index contributed by atoms with van der Waals surface area (Å²) in [4.78, 5) is 0. The average molecular weight is 383 g/mol. The highest BCUT2D eigenvalue weighted by molar-refractivity contribution is 9.10. The maximum absolute atomic E-state index is 11.4. The molecule has 0 atom stereocenters. The Morgan fingerprint density at radius 3 is 2.65 bits per heavy atom. The summed E-state index contributed by atoms with van der Waals surface area (Å²) in [6.45, 7) is 2.46. The maximum Gasteiger partial charge on any atom is 0.156 e. The molecule has 1 aliphatic heterocycles. The second kappa shape index (κ2) is 6.54. The van der Waals surface area contributed by atoms with Gasteiger partial charge in [0.05, 0.1) is 28.3 Å². The number of ether oxygens (including phenoxy) is 1. The van der Waals surface area contributed by atoms with Gasteiger partial charge in [-0.2, -0.15) is 0 Å². The number of anilines is 1. The summed E-state index contributed by atoms with van der Waals surface area (Å²) < 4.78 is 29.3. The molecule has 0 aromatic heterocycles. The van der Waals surface area contributed by atoms with Crippen LogP contribution in [0.3, 0.4) is 0 Å². The molecule has 20 heavy (non-hydrogen) atoms. The van der Waals surface area contributed by atoms with Gasteiger partial charge < -0.3 is 10.1 Å². The highest BCUT2D eigenvalue weighted by atomic mass is 79.9. The van der Waals surface area contributed by atoms with Crippen molar-refractivity contribution in [2.75, 3.05) is 23.4 Å². The molecule has 0 spiro atoms. The SMILES string of the molecule is CCOc1c(Br)cc(Cl)cc1NC1CCS(=O)(=O)CC1. The summed E-state index contributed by atoms with van der Waals surface area (Å²) in [6, 6.07) is 3.71. The number of rotatable bonds is 4. The van der Waals surface area contributed by atoms with E-state index in [1.54, 1.807) is 12.1 Å². The highest BCUT2D eigenvalue weighted by Crippen LogP contribution is 2.37. The number of benzene rings is 1. The van der Waals surface area contributed by atoms with Gasteiger partial charge in [0.15, 0.2) is 5.75 Å². The van der Waals surface area contributed by atoms with Crippen LogP contribution in [0.2, 0.25) is 5.02 Å². The molecule has 1 saturated heterocycles. The van der Waals surface area contributed by atoms with E-state index in [0.29, 0.717) is 30.2 Å². The first-order valence-corrected chi connectivity index (χ1v) is 9.49. The molecule has 2 rings (SSSR count). The third-order valence-electron chi connectivity index (χ3n) is 3.21. The molecule has 4 nitrogen and oxygen atoms in total. The zero-order valence-electron chi connectivity index (χ0n) is 11.2. The van der Waals surface area contributed by atoms with Crippen LogP contribution in [-0.2, 0) is 9.84 Å². The van der Waals surface area contributed by atoms with Crippen LogP contribution in [0.25, 0.3) is 0 Å². The van der Waals surface area contributed by atoms with E-state index in [9.17, 15) is 8.42 Å². The largest absolute Gasteiger partial charge is 0.491 e. The van der Waals surface area contributed by atoms with Crippen molar-refractivity contribution in [2.45, 2.75) is 25.8 Å². The first-order valence-electron chi connectivity index (χ1n) is 6.50. The summed E-state index contributed by atoms with van der Waals surface area (Å²) in [5.74, 6) is 1.18. The van der Waals surface area contributed by atoms with Crippen molar-refractivity contribution >= 4 is 43.1 Å². The van der Waals surface area contributed by atoms with E-state index in [-0.39, 0.29) is 17.5 Å². The lowest BCUT2D eigenvalue weighted by Crippen LogP contribution is -2.32. The monoisotopic (exact) mass is 381 g/mol. The van der Waals surface area contributed by atoms with Gasteiger partial charge in [0.2, 0.25) is 0 Å². The van der Waals surface area contributed by atoms with Gasteiger partial charge >= 0.3 is 0 Å². The fourth-order valence-electron chi connectivity index (χ4n) is 2.21. The molecule has 0 radical (unpaired) electrons. The lowest BCUT2D eigenvalue weighted by Gasteiger charge is -2.25. The molecule has 7 heteroatoms. The third kappa shape index (κ3) is 4.02. The minimum absolute atomic E-state index is 0.128. The molecule has 1 aromatic carbocycles. The van der Waals surface area contributed by atoms with Crippen molar-refractivity contribution in [2.24, 2.45) is 0 Å². The second-order valence-electron chi connectivity index (χ2n) is 4.77. The lowest BCUT2D eigenvalue weighted by atomic mass is 10.1. The number of sulfone groups is 1. The van der Waals surface area contributed by atoms with Gasteiger partial charge in [-0.3, -0.25) is 0 Å². The first-order chi connectivity index (χ1) is 9.41. The van der Waals surface area contributed by atoms with Gasteiger partial charge in [-0.1, -0.05) is 11.6 Å². The quantitative estimate of drug-likeness (QED) is 0.866. The molecule has 1 heterocycles. The van der Waals surface area contributed by atoms with E-state index in [0.717, 1.165) is 10.2 Å². The van der Waals surface area contributed by atoms with Gasteiger partial charge in [-0.15, -0.1) is 0 Å². The molecule has 112 valence electrons. The van der Waals surface area contributed by atoms with Crippen LogP contribution in [-0.4, -0.2) is 32.6 Å². The Morgan fingerprint density at radius 2 is 2.05 bits per heavy atom. The zero-order valence-corrected chi connectivity index (χ0v) is 14.3. The van der Waals surface area contributed by atoms with Crippen molar-refractivity contribution in [3.63, 3.8) is 0 Å². The van der Waals surface area contributed by atoms with Crippen LogP contribution in [0.15, 0.2) is 16.6 Å². The predicted molar refractivity (Wildman–Crippen MR) is 85.6 cm³/mol. The molecule has 1 aromatic rings. The fraction of sp³-hybridized carbons (Fsp3) is 0.538. The summed E-state index contributed by atoms with van der Waals surface area (Å²) in [5.41, 5.74) is 0.801. The Kier molecular flexibility index (Phi) is 5.20. The Morgan fingerprint density at radius 1 is 1.40 bits per heavy atom. The molecule has 0 amide bonds. The minimum Gasteiger partial charge on any atom is -0.491 e. The van der Waals surface area contributed by atoms with Crippen molar-refractivity contribution < 1.29 is 13.2 Å². The van der Waals surface area contributed by atoms with E-state index < -0.39 is 9.84 Å². The first kappa shape index (κ1) is 15.9. The average Bonchev–Trinajstić information content (AvgIpc) is 2.36. The van der Waals surface area contributed by atoms with E-state index in [4.69, 9.17) is 16.3 Å². The third-order valence-corrected chi connectivity index (χ3v) is 5.73. The number of nitrogens with one attached hydrogen (secondary N) is 1. The van der Waals surface area contributed by atoms with Crippen LogP contribution in [0.4, 0.5) is 5.69 Å². The van der Waals surface area contributed by atoms with Crippen molar-refractivity contribution in [3.05, 3.63) is 21.6 Å². The number of halogens is 2. The smallest absolute Gasteiger partial charge is 0.156 e. The van der Waals surface area contributed by atoms with E-state index in [2.05, 4.69) is 21.2 Å². The maximum atomic E-state index is 11.4. The molecule has 0 bridgehead atoms. The van der Waals surface area contributed by atoms with Crippen molar-refractivity contribution in [1.29, 1.82) is 0 Å². The Labute approximate surface area is 132 Å². The Hall–Kier alpha value is -0.460. The summed E-state index contributed by atoms with van der Waals surface area (Å²) >= 11 is 9.50.